The van der Waals surface area contributed by atoms with Crippen LogP contribution in [0, 0.1) is 23.2 Å². The van der Waals surface area contributed by atoms with Crippen LogP contribution in [0.3, 0.4) is 0 Å². The number of methoxy groups -OCH3 is 1. The van der Waals surface area contributed by atoms with Crippen molar-refractivity contribution in [3.63, 3.8) is 0 Å². The smallest absolute Gasteiger partial charge is 0.255 e. The minimum absolute atomic E-state index is 0.0205. The number of rotatable bonds is 17. The maximum absolute atomic E-state index is 13.0. The number of benzene rings is 1. The van der Waals surface area contributed by atoms with Crippen LogP contribution in [-0.2, 0) is 9.53 Å². The molecule has 0 bridgehead atoms. The van der Waals surface area contributed by atoms with Gasteiger partial charge in [0.25, 0.3) is 5.91 Å². The third-order valence-electron chi connectivity index (χ3n) is 8.35. The molecule has 1 aromatic carbocycles. The number of amides is 2. The average molecular weight is 548 g/mol. The molecule has 8 nitrogen and oxygen atoms in total. The molecule has 3 atom stereocenters. The molecule has 0 aromatic heterocycles. The van der Waals surface area contributed by atoms with Crippen molar-refractivity contribution in [2.24, 2.45) is 28.9 Å². The van der Waals surface area contributed by atoms with Gasteiger partial charge in [-0.25, -0.2) is 0 Å². The largest absolute Gasteiger partial charge is 0.493 e. The Hall–Kier alpha value is -2.16. The number of hydrogen-bond donors (Lipinski definition) is 4. The van der Waals surface area contributed by atoms with Gasteiger partial charge in [-0.15, -0.1) is 0 Å². The topological polar surface area (TPSA) is 123 Å². The second-order valence-electron chi connectivity index (χ2n) is 12.0. The lowest BCUT2D eigenvalue weighted by Crippen LogP contribution is -2.49. The summed E-state index contributed by atoms with van der Waals surface area (Å²) in [6.07, 6.45) is 7.16. The molecule has 2 rings (SSSR count). The third kappa shape index (κ3) is 10.7. The molecule has 1 aliphatic carbocycles. The van der Waals surface area contributed by atoms with Gasteiger partial charge in [0.05, 0.1) is 18.3 Å². The van der Waals surface area contributed by atoms with Crippen molar-refractivity contribution < 1.29 is 24.2 Å². The van der Waals surface area contributed by atoms with Gasteiger partial charge < -0.3 is 30.9 Å². The number of nitrogens with two attached hydrogens (primary N) is 1. The van der Waals surface area contributed by atoms with E-state index in [2.05, 4.69) is 24.5 Å². The molecule has 0 aliphatic heterocycles. The highest BCUT2D eigenvalue weighted by Crippen LogP contribution is 2.38. The van der Waals surface area contributed by atoms with E-state index in [1.54, 1.807) is 19.2 Å². The Morgan fingerprint density at radius 1 is 1.05 bits per heavy atom. The molecule has 0 radical (unpaired) electrons. The van der Waals surface area contributed by atoms with Crippen LogP contribution in [0.5, 0.6) is 5.75 Å². The van der Waals surface area contributed by atoms with E-state index < -0.39 is 17.6 Å². The first-order chi connectivity index (χ1) is 18.6. The summed E-state index contributed by atoms with van der Waals surface area (Å²) in [6, 6.07) is 6.73. The maximum Gasteiger partial charge on any atom is 0.255 e. The van der Waals surface area contributed by atoms with Gasteiger partial charge in [-0.1, -0.05) is 59.1 Å². The third-order valence-corrected chi connectivity index (χ3v) is 8.35. The Balaban J connectivity index is 1.85. The summed E-state index contributed by atoms with van der Waals surface area (Å²) in [5.74, 6) is 1.03. The van der Waals surface area contributed by atoms with Crippen LogP contribution >= 0.6 is 0 Å². The summed E-state index contributed by atoms with van der Waals surface area (Å²) in [4.78, 5) is 26.0. The van der Waals surface area contributed by atoms with E-state index in [4.69, 9.17) is 15.2 Å². The van der Waals surface area contributed by atoms with Crippen molar-refractivity contribution in [1.82, 2.24) is 10.6 Å². The van der Waals surface area contributed by atoms with Crippen molar-refractivity contribution in [2.75, 3.05) is 33.4 Å². The predicted molar refractivity (Wildman–Crippen MR) is 156 cm³/mol. The molecule has 0 spiro atoms. The van der Waals surface area contributed by atoms with Crippen LogP contribution in [-0.4, -0.2) is 62.5 Å². The van der Waals surface area contributed by atoms with E-state index in [1.165, 1.54) is 19.3 Å². The van der Waals surface area contributed by atoms with Gasteiger partial charge in [0.15, 0.2) is 0 Å². The molecule has 1 saturated carbocycles. The normalized spacial score (nSPS) is 16.9. The Kier molecular flexibility index (Phi) is 14.3. The molecule has 222 valence electrons. The molecule has 0 heterocycles. The maximum atomic E-state index is 13.0. The lowest BCUT2D eigenvalue weighted by molar-refractivity contribution is -0.133. The van der Waals surface area contributed by atoms with E-state index in [1.807, 2.05) is 26.0 Å². The lowest BCUT2D eigenvalue weighted by Gasteiger charge is -2.36. The quantitative estimate of drug-likeness (QED) is 0.216. The second-order valence-corrected chi connectivity index (χ2v) is 12.0. The molecular weight excluding hydrogens is 494 g/mol. The number of carbonyl (C=O) groups is 2. The summed E-state index contributed by atoms with van der Waals surface area (Å²) < 4.78 is 10.9. The Bertz CT molecular complexity index is 870. The molecule has 0 saturated heterocycles. The van der Waals surface area contributed by atoms with Crippen LogP contribution in [0.15, 0.2) is 24.3 Å². The van der Waals surface area contributed by atoms with Gasteiger partial charge in [0.2, 0.25) is 5.91 Å². The number of nitrogens with one attached hydrogen (secondary N) is 2. The van der Waals surface area contributed by atoms with Crippen molar-refractivity contribution in [2.45, 2.75) is 91.2 Å². The molecule has 1 aromatic rings. The lowest BCUT2D eigenvalue weighted by atomic mass is 9.70. The van der Waals surface area contributed by atoms with E-state index in [9.17, 15) is 14.7 Å². The van der Waals surface area contributed by atoms with Gasteiger partial charge in [0, 0.05) is 38.3 Å². The van der Waals surface area contributed by atoms with Gasteiger partial charge in [-0.2, -0.15) is 0 Å². The first-order valence-electron chi connectivity index (χ1n) is 14.8. The number of para-hydroxylation sites is 1. The van der Waals surface area contributed by atoms with Gasteiger partial charge in [-0.3, -0.25) is 9.59 Å². The monoisotopic (exact) mass is 547 g/mol. The molecule has 2 amide bonds. The molecule has 1 aliphatic rings. The summed E-state index contributed by atoms with van der Waals surface area (Å²) in [5, 5.41) is 16.7. The first kappa shape index (κ1) is 33.0. The van der Waals surface area contributed by atoms with Gasteiger partial charge >= 0.3 is 0 Å². The van der Waals surface area contributed by atoms with E-state index in [0.29, 0.717) is 43.4 Å². The molecular formula is C31H53N3O5. The van der Waals surface area contributed by atoms with Crippen LogP contribution in [0.1, 0.15) is 89.4 Å². The van der Waals surface area contributed by atoms with Gasteiger partial charge in [-0.05, 0) is 62.0 Å². The highest BCUT2D eigenvalue weighted by atomic mass is 16.5. The van der Waals surface area contributed by atoms with Gasteiger partial charge in [0.1, 0.15) is 5.75 Å². The molecule has 39 heavy (non-hydrogen) atoms. The fraction of sp³-hybridized carbons (Fsp3) is 0.742. The zero-order valence-corrected chi connectivity index (χ0v) is 24.8. The van der Waals surface area contributed by atoms with Crippen LogP contribution in [0.2, 0.25) is 0 Å². The van der Waals surface area contributed by atoms with E-state index in [0.717, 1.165) is 25.7 Å². The average Bonchev–Trinajstić information content (AvgIpc) is 2.93. The number of unbranched alkanes of at least 4 members (excludes halogenated alkanes) is 1. The SMILES string of the molecule is COCCCCOc1ccccc1C(=O)NC[C@@H](C[C@H](N)[C@@H](O)CNC(=O)C(C)(C)C1CCCCC1)C(C)C. The number of ether oxygens (including phenoxy) is 2. The number of aliphatic hydroxyl groups excluding tert-OH is 1. The summed E-state index contributed by atoms with van der Waals surface area (Å²) in [7, 11) is 1.68. The molecule has 1 fully saturated rings. The minimum Gasteiger partial charge on any atom is -0.493 e. The molecule has 0 unspecified atom stereocenters. The second kappa shape index (κ2) is 16.8. The summed E-state index contributed by atoms with van der Waals surface area (Å²) in [6.45, 7) is 9.94. The number of aliphatic hydroxyl groups is 1. The Labute approximate surface area is 235 Å². The zero-order valence-electron chi connectivity index (χ0n) is 24.8. The Morgan fingerprint density at radius 3 is 2.38 bits per heavy atom. The highest BCUT2D eigenvalue weighted by Gasteiger charge is 2.37. The summed E-state index contributed by atoms with van der Waals surface area (Å²) in [5.41, 5.74) is 6.42. The van der Waals surface area contributed by atoms with E-state index >= 15 is 0 Å². The van der Waals surface area contributed by atoms with Crippen molar-refractivity contribution in [3.05, 3.63) is 29.8 Å². The highest BCUT2D eigenvalue weighted by molar-refractivity contribution is 5.96. The fourth-order valence-corrected chi connectivity index (χ4v) is 5.31. The van der Waals surface area contributed by atoms with E-state index in [-0.39, 0.29) is 30.2 Å². The molecule has 8 heteroatoms. The standard InChI is InChI=1S/C31H53N3O5/c1-22(2)23(20-33-29(36)25-15-9-10-16-28(25)39-18-12-11-17-38-5)19-26(32)27(35)21-34-30(37)31(3,4)24-13-7-6-8-14-24/h9-10,15-16,22-24,26-27,35H,6-8,11-14,17-21,32H2,1-5H3,(H,33,36)(H,34,37)/t23-,26+,27+/m1/s1. The zero-order chi connectivity index (χ0) is 28.8. The van der Waals surface area contributed by atoms with Crippen LogP contribution < -0.4 is 21.1 Å². The van der Waals surface area contributed by atoms with Crippen LogP contribution in [0.25, 0.3) is 0 Å². The minimum atomic E-state index is -0.861. The first-order valence-corrected chi connectivity index (χ1v) is 14.8. The predicted octanol–water partition coefficient (Wildman–Crippen LogP) is 4.30. The van der Waals surface area contributed by atoms with Crippen molar-refractivity contribution in [1.29, 1.82) is 0 Å². The van der Waals surface area contributed by atoms with Crippen molar-refractivity contribution in [3.8, 4) is 5.75 Å². The fourth-order valence-electron chi connectivity index (χ4n) is 5.31. The van der Waals surface area contributed by atoms with Crippen molar-refractivity contribution >= 4 is 11.8 Å². The number of carbonyl (C=O) groups excluding carboxylic acids is 2. The number of hydrogen-bond acceptors (Lipinski definition) is 6. The van der Waals surface area contributed by atoms with Crippen LogP contribution in [0.4, 0.5) is 0 Å². The molecule has 5 N–H and O–H groups in total. The summed E-state index contributed by atoms with van der Waals surface area (Å²) >= 11 is 0. The Morgan fingerprint density at radius 2 is 1.72 bits per heavy atom.